The number of hydrogen-bond donors (Lipinski definition) is 0. The van der Waals surface area contributed by atoms with Gasteiger partial charge in [0.1, 0.15) is 20.2 Å². The van der Waals surface area contributed by atoms with E-state index in [4.69, 9.17) is 9.26 Å². The second-order valence-electron chi connectivity index (χ2n) is 8.20. The fourth-order valence-corrected chi connectivity index (χ4v) is 3.05. The molecule has 0 fully saturated rings. The molecule has 0 bridgehead atoms. The van der Waals surface area contributed by atoms with Gasteiger partial charge in [-0.25, -0.2) is 4.79 Å². The van der Waals surface area contributed by atoms with Crippen molar-refractivity contribution in [3.05, 3.63) is 0 Å². The summed E-state index contributed by atoms with van der Waals surface area (Å²) in [5, 5.41) is 0.274. The molecule has 0 aromatic rings. The van der Waals surface area contributed by atoms with Crippen molar-refractivity contribution in [1.82, 2.24) is 0 Å². The fourth-order valence-electron chi connectivity index (χ4n) is 1.96. The summed E-state index contributed by atoms with van der Waals surface area (Å²) >= 11 is 0. The van der Waals surface area contributed by atoms with Gasteiger partial charge in [-0.3, -0.25) is 0 Å². The van der Waals surface area contributed by atoms with Crippen LogP contribution >= 0.6 is 0 Å². The summed E-state index contributed by atoms with van der Waals surface area (Å²) in [6, 6.07) is 0. The molecule has 1 atom stereocenters. The van der Waals surface area contributed by atoms with Crippen molar-refractivity contribution in [2.45, 2.75) is 84.9 Å². The Labute approximate surface area is 145 Å². The summed E-state index contributed by atoms with van der Waals surface area (Å²) < 4.78 is 6.28. The molecule has 4 nitrogen and oxygen atoms in total. The van der Waals surface area contributed by atoms with Gasteiger partial charge in [0.25, 0.3) is 0 Å². The van der Waals surface area contributed by atoms with Crippen LogP contribution in [0.15, 0.2) is 0 Å². The van der Waals surface area contributed by atoms with Crippen LogP contribution in [0.5, 0.6) is 0 Å². The van der Waals surface area contributed by atoms with E-state index >= 15 is 0 Å². The summed E-state index contributed by atoms with van der Waals surface area (Å²) in [7, 11) is 0.261. The summed E-state index contributed by atoms with van der Waals surface area (Å²) in [6.45, 7) is 17.4. The number of hydroxylamine groups is 3. The van der Waals surface area contributed by atoms with E-state index < -0.39 is 8.32 Å². The number of carbonyl (C=O) groups is 1. The standard InChI is InChI=1S/C18H40NO3Si/c1-9-10-14-19(6,17(2)20)21-15-12-11-13-16-22-23(7,8)18(3,4)5/h9-16H2,1-8H3/q+1. The molecule has 138 valence electrons. The van der Waals surface area contributed by atoms with Gasteiger partial charge < -0.3 is 4.43 Å². The monoisotopic (exact) mass is 346 g/mol. The predicted molar refractivity (Wildman–Crippen MR) is 99.6 cm³/mol. The molecule has 0 saturated carbocycles. The van der Waals surface area contributed by atoms with E-state index in [0.717, 1.165) is 45.3 Å². The van der Waals surface area contributed by atoms with Gasteiger partial charge >= 0.3 is 5.91 Å². The average molecular weight is 347 g/mol. The molecule has 0 saturated heterocycles. The summed E-state index contributed by atoms with van der Waals surface area (Å²) in [5.74, 6) is 0.0831. The van der Waals surface area contributed by atoms with Crippen LogP contribution < -0.4 is 0 Å². The Hall–Kier alpha value is -0.233. The molecule has 5 heteroatoms. The lowest BCUT2D eigenvalue weighted by molar-refractivity contribution is -1.03. The number of unbranched alkanes of at least 4 members (excludes halogenated alkanes) is 3. The molecule has 23 heavy (non-hydrogen) atoms. The van der Waals surface area contributed by atoms with Crippen molar-refractivity contribution < 1.29 is 18.7 Å². The quantitative estimate of drug-likeness (QED) is 0.231. The van der Waals surface area contributed by atoms with Crippen LogP contribution in [-0.4, -0.2) is 45.7 Å². The van der Waals surface area contributed by atoms with Crippen molar-refractivity contribution in [2.24, 2.45) is 0 Å². The second kappa shape index (κ2) is 9.92. The Kier molecular flexibility index (Phi) is 9.82. The third kappa shape index (κ3) is 8.43. The third-order valence-corrected chi connectivity index (χ3v) is 9.58. The van der Waals surface area contributed by atoms with Crippen molar-refractivity contribution >= 4 is 14.2 Å². The molecular weight excluding hydrogens is 306 g/mol. The summed E-state index contributed by atoms with van der Waals surface area (Å²) in [4.78, 5) is 17.6. The van der Waals surface area contributed by atoms with Gasteiger partial charge in [0.2, 0.25) is 0 Å². The van der Waals surface area contributed by atoms with E-state index in [1.807, 2.05) is 7.05 Å². The molecule has 0 aliphatic carbocycles. The number of quaternary nitrogens is 1. The number of rotatable bonds is 11. The molecule has 0 spiro atoms. The van der Waals surface area contributed by atoms with Crippen LogP contribution in [0.1, 0.15) is 66.7 Å². The van der Waals surface area contributed by atoms with Gasteiger partial charge in [0, 0.05) is 6.61 Å². The van der Waals surface area contributed by atoms with E-state index in [2.05, 4.69) is 40.8 Å². The van der Waals surface area contributed by atoms with E-state index in [1.165, 1.54) is 0 Å². The first-order chi connectivity index (χ1) is 10.5. The van der Waals surface area contributed by atoms with E-state index in [0.29, 0.717) is 6.61 Å². The number of amides is 1. The first kappa shape index (κ1) is 22.8. The minimum absolute atomic E-state index is 0.0831. The summed E-state index contributed by atoms with van der Waals surface area (Å²) in [6.07, 6.45) is 5.22. The van der Waals surface area contributed by atoms with Crippen molar-refractivity contribution in [3.8, 4) is 0 Å². The zero-order chi connectivity index (χ0) is 18.1. The first-order valence-electron chi connectivity index (χ1n) is 9.11. The molecule has 0 rings (SSSR count). The lowest BCUT2D eigenvalue weighted by atomic mass is 10.2. The predicted octanol–water partition coefficient (Wildman–Crippen LogP) is 4.90. The van der Waals surface area contributed by atoms with E-state index in [9.17, 15) is 4.79 Å². The lowest BCUT2D eigenvalue weighted by Crippen LogP contribution is -2.48. The molecule has 0 radical (unpaired) electrons. The van der Waals surface area contributed by atoms with Gasteiger partial charge in [0.15, 0.2) is 8.32 Å². The Morgan fingerprint density at radius 1 is 1.04 bits per heavy atom. The van der Waals surface area contributed by atoms with Gasteiger partial charge in [0.05, 0.1) is 6.92 Å². The van der Waals surface area contributed by atoms with Crippen LogP contribution in [-0.2, 0) is 14.1 Å². The maximum atomic E-state index is 11.8. The normalized spacial score (nSPS) is 15.5. The van der Waals surface area contributed by atoms with Crippen LogP contribution in [0.25, 0.3) is 0 Å². The molecule has 1 unspecified atom stereocenters. The molecule has 0 N–H and O–H groups in total. The van der Waals surface area contributed by atoms with Crippen LogP contribution in [0.2, 0.25) is 18.1 Å². The SMILES string of the molecule is CCCC[N+](C)(OCCCCCO[Si](C)(C)C(C)(C)C)C(C)=O. The third-order valence-electron chi connectivity index (χ3n) is 5.04. The zero-order valence-corrected chi connectivity index (χ0v) is 17.8. The molecule has 0 aliphatic rings. The van der Waals surface area contributed by atoms with Crippen LogP contribution in [0.4, 0.5) is 0 Å². The van der Waals surface area contributed by atoms with Crippen molar-refractivity contribution in [1.29, 1.82) is 0 Å². The molecule has 0 heterocycles. The minimum atomic E-state index is -1.61. The molecule has 0 aliphatic heterocycles. The molecule has 0 aromatic heterocycles. The number of hydrogen-bond acceptors (Lipinski definition) is 3. The van der Waals surface area contributed by atoms with E-state index in [1.54, 1.807) is 6.92 Å². The van der Waals surface area contributed by atoms with Gasteiger partial charge in [-0.05, 0) is 43.8 Å². The van der Waals surface area contributed by atoms with E-state index in [-0.39, 0.29) is 15.6 Å². The molecule has 1 amide bonds. The Balaban J connectivity index is 3.94. The smallest absolute Gasteiger partial charge is 0.342 e. The van der Waals surface area contributed by atoms with Gasteiger partial charge in [-0.1, -0.05) is 34.1 Å². The Morgan fingerprint density at radius 3 is 2.09 bits per heavy atom. The Morgan fingerprint density at radius 2 is 1.61 bits per heavy atom. The topological polar surface area (TPSA) is 35.5 Å². The highest BCUT2D eigenvalue weighted by Crippen LogP contribution is 2.36. The van der Waals surface area contributed by atoms with Crippen molar-refractivity contribution in [3.63, 3.8) is 0 Å². The van der Waals surface area contributed by atoms with Crippen molar-refractivity contribution in [2.75, 3.05) is 26.8 Å². The highest BCUT2D eigenvalue weighted by atomic mass is 28.4. The number of carbonyl (C=O) groups excluding carboxylic acids is 1. The van der Waals surface area contributed by atoms with Gasteiger partial charge in [-0.2, -0.15) is 4.84 Å². The second-order valence-corrected chi connectivity index (χ2v) is 13.0. The number of nitrogens with zero attached hydrogens (tertiary/aromatic N) is 1. The summed E-state index contributed by atoms with van der Waals surface area (Å²) in [5.41, 5.74) is 0. The highest BCUT2D eigenvalue weighted by molar-refractivity contribution is 6.74. The van der Waals surface area contributed by atoms with Gasteiger partial charge in [-0.15, -0.1) is 4.65 Å². The maximum absolute atomic E-state index is 11.8. The van der Waals surface area contributed by atoms with Crippen LogP contribution in [0, 0.1) is 0 Å². The van der Waals surface area contributed by atoms with Crippen LogP contribution in [0.3, 0.4) is 0 Å². The Bertz CT molecular complexity index is 353. The highest BCUT2D eigenvalue weighted by Gasteiger charge is 2.36. The minimum Gasteiger partial charge on any atom is -0.417 e. The first-order valence-corrected chi connectivity index (χ1v) is 12.0. The lowest BCUT2D eigenvalue weighted by Gasteiger charge is -2.36. The molecular formula is C18H40NO3Si+. The maximum Gasteiger partial charge on any atom is 0.342 e. The molecule has 0 aromatic carbocycles. The zero-order valence-electron chi connectivity index (χ0n) is 16.8. The fraction of sp³-hybridized carbons (Fsp3) is 0.944. The average Bonchev–Trinajstić information content (AvgIpc) is 2.42. The largest absolute Gasteiger partial charge is 0.417 e.